The summed E-state index contributed by atoms with van der Waals surface area (Å²) >= 11 is 2.65. The van der Waals surface area contributed by atoms with Crippen LogP contribution in [0.15, 0.2) is 138 Å². The molecule has 0 fully saturated rings. The predicted octanol–water partition coefficient (Wildman–Crippen LogP) is 18.1. The molecule has 8 aromatic carbocycles. The van der Waals surface area contributed by atoms with E-state index in [4.69, 9.17) is 10.0 Å². The molecule has 8 rings (SSSR count). The molecule has 0 aromatic heterocycles. The Balaban J connectivity index is 0.000000219. The van der Waals surface area contributed by atoms with Crippen LogP contribution in [0.25, 0.3) is 33.4 Å². The molecule has 0 heterocycles. The zero-order chi connectivity index (χ0) is 62.4. The van der Waals surface area contributed by atoms with Crippen LogP contribution in [-0.4, -0.2) is 17.2 Å². The molecule has 84 heavy (non-hydrogen) atoms. The quantitative estimate of drug-likeness (QED) is 0.0841. The minimum atomic E-state index is -5.48. The predicted molar refractivity (Wildman–Crippen MR) is 273 cm³/mol. The van der Waals surface area contributed by atoms with Gasteiger partial charge in [0.1, 0.15) is 91.9 Å². The molecule has 8 aromatic rings. The highest BCUT2D eigenvalue weighted by Gasteiger charge is 2.45. The van der Waals surface area contributed by atoms with Gasteiger partial charge in [-0.1, -0.05) is 115 Å². The van der Waals surface area contributed by atoms with Gasteiger partial charge in [-0.15, -0.1) is 0 Å². The molecule has 0 aliphatic carbocycles. The minimum absolute atomic E-state index is 0.105. The van der Waals surface area contributed by atoms with Gasteiger partial charge in [0.2, 0.25) is 0 Å². The maximum Gasteiger partial charge on any atom is 0.491 e. The standard InChI is InChI=1S/C29H18F10O.C15H16BFO2.C14H4BrF9O/c1-2-3-15-4-6-16(7-5-15)17-8-9-20(21(30)10-17)18-11-22(31)27(23(32)12-18)29(38,39)40-19-13-24(33)26(25(34)14-19)28(35,36)37;1-2-3-11-4-6-12(7-5-11)13-8-9-14(16(18)19)15(17)10-13;15-5-1-7(16)12(8(17)2-5)14(23,24)25-6-3-9(18)11(10(19)4-6)13(20,21)22/h4-14H,2-3H2,1H3;4-10,18-19H,2-3H2,1H3;1-4H. The molecule has 0 aliphatic rings. The Morgan fingerprint density at radius 2 is 0.679 bits per heavy atom. The third-order valence-electron chi connectivity index (χ3n) is 11.9. The van der Waals surface area contributed by atoms with Gasteiger partial charge in [-0.2, -0.15) is 43.9 Å². The van der Waals surface area contributed by atoms with E-state index >= 15 is 0 Å². The summed E-state index contributed by atoms with van der Waals surface area (Å²) in [6, 6.07) is 24.5. The van der Waals surface area contributed by atoms with Gasteiger partial charge >= 0.3 is 31.7 Å². The van der Waals surface area contributed by atoms with Crippen LogP contribution in [0, 0.1) is 58.2 Å². The summed E-state index contributed by atoms with van der Waals surface area (Å²) in [6.07, 6.45) is -16.6. The number of aryl methyl sites for hydroxylation is 2. The second kappa shape index (κ2) is 26.6. The molecule has 0 aliphatic heterocycles. The number of ether oxygens (including phenoxy) is 2. The molecule has 2 N–H and O–H groups in total. The zero-order valence-electron chi connectivity index (χ0n) is 42.8. The van der Waals surface area contributed by atoms with Crippen molar-refractivity contribution in [2.45, 2.75) is 64.1 Å². The highest BCUT2D eigenvalue weighted by molar-refractivity contribution is 9.10. The van der Waals surface area contributed by atoms with Crippen molar-refractivity contribution in [2.75, 3.05) is 0 Å². The van der Waals surface area contributed by atoms with Crippen LogP contribution in [-0.2, 0) is 37.4 Å². The number of hydrogen-bond donors (Lipinski definition) is 2. The van der Waals surface area contributed by atoms with Gasteiger partial charge in [-0.05, 0) is 88.2 Å². The first-order chi connectivity index (χ1) is 39.1. The fourth-order valence-corrected chi connectivity index (χ4v) is 8.54. The first-order valence-electron chi connectivity index (χ1n) is 24.2. The zero-order valence-corrected chi connectivity index (χ0v) is 44.3. The second-order valence-corrected chi connectivity index (χ2v) is 18.9. The third kappa shape index (κ3) is 16.0. The Morgan fingerprint density at radius 1 is 0.369 bits per heavy atom. The third-order valence-corrected chi connectivity index (χ3v) is 12.4. The lowest BCUT2D eigenvalue weighted by Gasteiger charge is -2.21. The maximum atomic E-state index is 14.9. The highest BCUT2D eigenvalue weighted by atomic mass is 79.9. The number of hydrogen-bond acceptors (Lipinski definition) is 4. The van der Waals surface area contributed by atoms with Gasteiger partial charge in [0.05, 0.1) is 0 Å². The molecule has 444 valence electrons. The number of alkyl halides is 10. The van der Waals surface area contributed by atoms with Crippen molar-refractivity contribution in [1.29, 1.82) is 0 Å². The average molecular weight is 1270 g/mol. The molecule has 0 amide bonds. The number of rotatable bonds is 14. The summed E-state index contributed by atoms with van der Waals surface area (Å²) in [4.78, 5) is 0. The fraction of sp³-hybridized carbons (Fsp3) is 0.172. The van der Waals surface area contributed by atoms with Gasteiger partial charge in [-0.3, -0.25) is 0 Å². The van der Waals surface area contributed by atoms with Crippen molar-refractivity contribution in [2.24, 2.45) is 0 Å². The van der Waals surface area contributed by atoms with Crippen molar-refractivity contribution in [3.63, 3.8) is 0 Å². The van der Waals surface area contributed by atoms with Crippen LogP contribution >= 0.6 is 15.9 Å². The van der Waals surface area contributed by atoms with Crippen molar-refractivity contribution in [3.05, 3.63) is 229 Å². The van der Waals surface area contributed by atoms with E-state index in [2.05, 4.69) is 32.3 Å². The molecule has 4 nitrogen and oxygen atoms in total. The Bertz CT molecular complexity index is 3540. The molecule has 0 radical (unpaired) electrons. The van der Waals surface area contributed by atoms with Crippen LogP contribution in [0.1, 0.15) is 60.1 Å². The smallest absolute Gasteiger partial charge is 0.429 e. The normalized spacial score (nSPS) is 11.8. The van der Waals surface area contributed by atoms with Crippen molar-refractivity contribution >= 4 is 28.5 Å². The molecular formula is C58H38BBrF20O4. The summed E-state index contributed by atoms with van der Waals surface area (Å²) < 4.78 is 279. The Labute approximate surface area is 472 Å². The monoisotopic (exact) mass is 1270 g/mol. The van der Waals surface area contributed by atoms with E-state index in [0.717, 1.165) is 48.4 Å². The van der Waals surface area contributed by atoms with Crippen molar-refractivity contribution in [3.8, 4) is 44.9 Å². The van der Waals surface area contributed by atoms with E-state index in [0.29, 0.717) is 35.4 Å². The van der Waals surface area contributed by atoms with E-state index in [-0.39, 0.29) is 39.8 Å². The maximum absolute atomic E-state index is 14.9. The molecule has 0 saturated heterocycles. The van der Waals surface area contributed by atoms with E-state index in [9.17, 15) is 87.8 Å². The lowest BCUT2D eigenvalue weighted by Crippen LogP contribution is -2.32. The first-order valence-corrected chi connectivity index (χ1v) is 25.0. The van der Waals surface area contributed by atoms with Crippen LogP contribution in [0.5, 0.6) is 11.5 Å². The van der Waals surface area contributed by atoms with Crippen LogP contribution in [0.3, 0.4) is 0 Å². The van der Waals surface area contributed by atoms with Crippen molar-refractivity contribution in [1.82, 2.24) is 0 Å². The van der Waals surface area contributed by atoms with Crippen LogP contribution < -0.4 is 14.9 Å². The SMILES string of the molecule is CCCc1ccc(-c2ccc(-c3cc(F)c(C(F)(F)Oc4cc(F)c(C(F)(F)F)c(F)c4)c(F)c3)c(F)c2)cc1.CCCc1ccc(-c2ccc(B(O)O)c(F)c2)cc1.Fc1cc(OC(F)(F)c2c(F)cc(Br)cc2F)cc(F)c1C(F)(F)F. The summed E-state index contributed by atoms with van der Waals surface area (Å²) in [7, 11) is -1.78. The van der Waals surface area contributed by atoms with E-state index in [1.54, 1.807) is 18.2 Å². The summed E-state index contributed by atoms with van der Waals surface area (Å²) in [5, 5.41) is 18.0. The minimum Gasteiger partial charge on any atom is -0.429 e. The average Bonchev–Trinajstić information content (AvgIpc) is 2.21. The van der Waals surface area contributed by atoms with Gasteiger partial charge in [0.15, 0.2) is 0 Å². The second-order valence-electron chi connectivity index (χ2n) is 18.0. The summed E-state index contributed by atoms with van der Waals surface area (Å²) in [6.45, 7) is 4.15. The molecule has 0 atom stereocenters. The van der Waals surface area contributed by atoms with E-state index in [1.807, 2.05) is 43.3 Å². The molecule has 26 heteroatoms. The highest BCUT2D eigenvalue weighted by Crippen LogP contribution is 2.43. The summed E-state index contributed by atoms with van der Waals surface area (Å²) in [5.41, 5.74) is -4.29. The van der Waals surface area contributed by atoms with Gasteiger partial charge in [0.25, 0.3) is 0 Å². The van der Waals surface area contributed by atoms with Crippen LogP contribution in [0.2, 0.25) is 0 Å². The van der Waals surface area contributed by atoms with Gasteiger partial charge in [0, 0.05) is 39.8 Å². The van der Waals surface area contributed by atoms with E-state index < -0.39 is 129 Å². The molecule has 0 saturated carbocycles. The van der Waals surface area contributed by atoms with E-state index in [1.165, 1.54) is 29.8 Å². The fourth-order valence-electron chi connectivity index (χ4n) is 8.13. The number of halogens is 21. The molecule has 0 unspecified atom stereocenters. The lowest BCUT2D eigenvalue weighted by molar-refractivity contribution is -0.190. The molecule has 0 spiro atoms. The Morgan fingerprint density at radius 3 is 1.00 bits per heavy atom. The molecular weight excluding hydrogens is 1230 g/mol. The number of benzene rings is 8. The Kier molecular flexibility index (Phi) is 20.7. The van der Waals surface area contributed by atoms with Gasteiger partial charge < -0.3 is 19.5 Å². The topological polar surface area (TPSA) is 58.9 Å². The van der Waals surface area contributed by atoms with Crippen molar-refractivity contribution < 1.29 is 107 Å². The first kappa shape index (κ1) is 65.6. The Hall–Kier alpha value is -7.58. The summed E-state index contributed by atoms with van der Waals surface area (Å²) in [5.74, 6) is -20.7. The largest absolute Gasteiger partial charge is 0.491 e. The van der Waals surface area contributed by atoms with Gasteiger partial charge in [-0.25, -0.2) is 43.9 Å². The molecule has 0 bridgehead atoms. The van der Waals surface area contributed by atoms with Crippen LogP contribution in [0.4, 0.5) is 87.8 Å². The lowest BCUT2D eigenvalue weighted by atomic mass is 9.79.